The van der Waals surface area contributed by atoms with Gasteiger partial charge in [0.25, 0.3) is 0 Å². The highest BCUT2D eigenvalue weighted by molar-refractivity contribution is 5.55. The highest BCUT2D eigenvalue weighted by Gasteiger charge is 2.12. The van der Waals surface area contributed by atoms with Crippen LogP contribution in [0.25, 0.3) is 0 Å². The van der Waals surface area contributed by atoms with Crippen LogP contribution in [0.1, 0.15) is 35.2 Å². The van der Waals surface area contributed by atoms with Crippen LogP contribution >= 0.6 is 0 Å². The minimum atomic E-state index is 0.339. The molecule has 0 radical (unpaired) electrons. The zero-order valence-corrected chi connectivity index (χ0v) is 12.0. The Hall–Kier alpha value is -2.41. The lowest BCUT2D eigenvalue weighted by Crippen LogP contribution is -2.13. The molecule has 20 heavy (non-hydrogen) atoms. The first-order chi connectivity index (χ1) is 9.63. The maximum Gasteiger partial charge on any atom is 0.166 e. The third-order valence-electron chi connectivity index (χ3n) is 3.51. The Morgan fingerprint density at radius 3 is 2.55 bits per heavy atom. The summed E-state index contributed by atoms with van der Waals surface area (Å²) in [5, 5.41) is 20.6. The van der Waals surface area contributed by atoms with Gasteiger partial charge in [-0.25, -0.2) is 0 Å². The van der Waals surface area contributed by atoms with Gasteiger partial charge in [0.2, 0.25) is 0 Å². The SMILES string of the molecule is Cc1nnc(NC[C@@H](C)c2ccccc2)c(C#N)c1C. The van der Waals surface area contributed by atoms with Crippen molar-refractivity contribution in [2.24, 2.45) is 0 Å². The van der Waals surface area contributed by atoms with E-state index in [0.717, 1.165) is 17.8 Å². The maximum atomic E-state index is 9.25. The van der Waals surface area contributed by atoms with Crippen LogP contribution in [0.2, 0.25) is 0 Å². The van der Waals surface area contributed by atoms with Crippen molar-refractivity contribution in [1.82, 2.24) is 10.2 Å². The number of aromatic nitrogens is 2. The van der Waals surface area contributed by atoms with E-state index in [4.69, 9.17) is 0 Å². The van der Waals surface area contributed by atoms with Gasteiger partial charge in [-0.3, -0.25) is 0 Å². The standard InChI is InChI=1S/C16H18N4/c1-11(14-7-5-4-6-8-14)10-18-16-15(9-17)12(2)13(3)19-20-16/h4-8,11H,10H2,1-3H3,(H,18,20)/t11-/m1/s1. The molecule has 4 heteroatoms. The van der Waals surface area contributed by atoms with Gasteiger partial charge in [0, 0.05) is 6.54 Å². The molecule has 0 unspecified atom stereocenters. The molecule has 2 aromatic rings. The van der Waals surface area contributed by atoms with Crippen molar-refractivity contribution in [2.75, 3.05) is 11.9 Å². The van der Waals surface area contributed by atoms with Gasteiger partial charge < -0.3 is 5.32 Å². The lowest BCUT2D eigenvalue weighted by Gasteiger charge is -2.14. The molecule has 1 aromatic heterocycles. The van der Waals surface area contributed by atoms with Crippen LogP contribution in [0.3, 0.4) is 0 Å². The van der Waals surface area contributed by atoms with Gasteiger partial charge in [0.1, 0.15) is 11.6 Å². The van der Waals surface area contributed by atoms with Crippen molar-refractivity contribution in [1.29, 1.82) is 5.26 Å². The summed E-state index contributed by atoms with van der Waals surface area (Å²) >= 11 is 0. The number of hydrogen-bond donors (Lipinski definition) is 1. The molecule has 0 saturated carbocycles. The van der Waals surface area contributed by atoms with Crippen molar-refractivity contribution < 1.29 is 0 Å². The van der Waals surface area contributed by atoms with E-state index in [1.807, 2.05) is 32.0 Å². The van der Waals surface area contributed by atoms with Gasteiger partial charge in [0.05, 0.1) is 5.69 Å². The lowest BCUT2D eigenvalue weighted by molar-refractivity contribution is 0.795. The Bertz CT molecular complexity index is 629. The minimum Gasteiger partial charge on any atom is -0.367 e. The average molecular weight is 266 g/mol. The summed E-state index contributed by atoms with van der Waals surface area (Å²) in [5.41, 5.74) is 3.52. The van der Waals surface area contributed by atoms with Crippen LogP contribution in [0.15, 0.2) is 30.3 Å². The summed E-state index contributed by atoms with van der Waals surface area (Å²) in [6, 6.07) is 12.5. The quantitative estimate of drug-likeness (QED) is 0.923. The number of aryl methyl sites for hydroxylation is 1. The first-order valence-electron chi connectivity index (χ1n) is 6.66. The second kappa shape index (κ2) is 6.16. The second-order valence-electron chi connectivity index (χ2n) is 4.94. The van der Waals surface area contributed by atoms with E-state index < -0.39 is 0 Å². The molecular weight excluding hydrogens is 248 g/mol. The molecule has 1 N–H and O–H groups in total. The molecule has 1 atom stereocenters. The summed E-state index contributed by atoms with van der Waals surface area (Å²) in [7, 11) is 0. The maximum absolute atomic E-state index is 9.25. The smallest absolute Gasteiger partial charge is 0.166 e. The first-order valence-corrected chi connectivity index (χ1v) is 6.66. The van der Waals surface area contributed by atoms with Gasteiger partial charge in [-0.05, 0) is 30.9 Å². The normalized spacial score (nSPS) is 11.7. The fraction of sp³-hybridized carbons (Fsp3) is 0.312. The second-order valence-corrected chi connectivity index (χ2v) is 4.94. The lowest BCUT2D eigenvalue weighted by atomic mass is 10.0. The van der Waals surface area contributed by atoms with Gasteiger partial charge in [-0.1, -0.05) is 37.3 Å². The van der Waals surface area contributed by atoms with Crippen molar-refractivity contribution in [3.05, 3.63) is 52.7 Å². The average Bonchev–Trinajstić information content (AvgIpc) is 2.49. The summed E-state index contributed by atoms with van der Waals surface area (Å²) in [4.78, 5) is 0. The number of nitrogens with zero attached hydrogens (tertiary/aromatic N) is 3. The molecule has 1 heterocycles. The van der Waals surface area contributed by atoms with Crippen LogP contribution < -0.4 is 5.32 Å². The molecule has 2 rings (SSSR count). The summed E-state index contributed by atoms with van der Waals surface area (Å²) in [6.45, 7) is 6.62. The van der Waals surface area contributed by atoms with E-state index in [0.29, 0.717) is 17.3 Å². The molecule has 0 aliphatic rings. The molecule has 0 spiro atoms. The highest BCUT2D eigenvalue weighted by atomic mass is 15.2. The monoisotopic (exact) mass is 266 g/mol. The van der Waals surface area contributed by atoms with E-state index in [-0.39, 0.29) is 0 Å². The molecule has 0 bridgehead atoms. The van der Waals surface area contributed by atoms with Crippen LogP contribution in [-0.2, 0) is 0 Å². The third kappa shape index (κ3) is 2.94. The van der Waals surface area contributed by atoms with Gasteiger partial charge in [-0.2, -0.15) is 10.4 Å². The van der Waals surface area contributed by atoms with Gasteiger partial charge in [-0.15, -0.1) is 5.10 Å². The molecule has 0 fully saturated rings. The number of rotatable bonds is 4. The molecule has 4 nitrogen and oxygen atoms in total. The van der Waals surface area contributed by atoms with Gasteiger partial charge in [0.15, 0.2) is 5.82 Å². The summed E-state index contributed by atoms with van der Waals surface area (Å²) < 4.78 is 0. The fourth-order valence-electron chi connectivity index (χ4n) is 2.02. The largest absolute Gasteiger partial charge is 0.367 e. The van der Waals surface area contributed by atoms with Crippen molar-refractivity contribution >= 4 is 5.82 Å². The van der Waals surface area contributed by atoms with Crippen molar-refractivity contribution in [3.63, 3.8) is 0 Å². The van der Waals surface area contributed by atoms with Crippen molar-refractivity contribution in [3.8, 4) is 6.07 Å². The van der Waals surface area contributed by atoms with E-state index in [9.17, 15) is 5.26 Å². The summed E-state index contributed by atoms with van der Waals surface area (Å²) in [5.74, 6) is 0.907. The first kappa shape index (κ1) is 14.0. The van der Waals surface area contributed by atoms with Gasteiger partial charge >= 0.3 is 0 Å². The molecular formula is C16H18N4. The Kier molecular flexibility index (Phi) is 4.31. The Labute approximate surface area is 119 Å². The molecule has 0 aliphatic carbocycles. The number of nitriles is 1. The number of benzene rings is 1. The molecule has 102 valence electrons. The third-order valence-corrected chi connectivity index (χ3v) is 3.51. The molecule has 0 amide bonds. The predicted octanol–water partition coefficient (Wildman–Crippen LogP) is 3.18. The topological polar surface area (TPSA) is 61.6 Å². The molecule has 0 saturated heterocycles. The van der Waals surface area contributed by atoms with E-state index in [1.165, 1.54) is 5.56 Å². The van der Waals surface area contributed by atoms with Crippen LogP contribution in [0, 0.1) is 25.2 Å². The number of hydrogen-bond acceptors (Lipinski definition) is 4. The van der Waals surface area contributed by atoms with E-state index in [1.54, 1.807) is 0 Å². The van der Waals surface area contributed by atoms with E-state index >= 15 is 0 Å². The zero-order valence-electron chi connectivity index (χ0n) is 12.0. The molecule has 0 aliphatic heterocycles. The fourth-order valence-corrected chi connectivity index (χ4v) is 2.02. The Balaban J connectivity index is 2.12. The van der Waals surface area contributed by atoms with Crippen LogP contribution in [0.5, 0.6) is 0 Å². The minimum absolute atomic E-state index is 0.339. The Morgan fingerprint density at radius 2 is 1.90 bits per heavy atom. The number of nitrogens with one attached hydrogen (secondary N) is 1. The summed E-state index contributed by atoms with van der Waals surface area (Å²) in [6.07, 6.45) is 0. The zero-order chi connectivity index (χ0) is 14.5. The van der Waals surface area contributed by atoms with Crippen LogP contribution in [0.4, 0.5) is 5.82 Å². The highest BCUT2D eigenvalue weighted by Crippen LogP contribution is 2.19. The van der Waals surface area contributed by atoms with Crippen LogP contribution in [-0.4, -0.2) is 16.7 Å². The van der Waals surface area contributed by atoms with Crippen molar-refractivity contribution in [2.45, 2.75) is 26.7 Å². The Morgan fingerprint density at radius 1 is 1.20 bits per heavy atom. The van der Waals surface area contributed by atoms with E-state index in [2.05, 4.69) is 40.6 Å². The molecule has 1 aromatic carbocycles. The number of anilines is 1. The predicted molar refractivity (Wildman–Crippen MR) is 79.6 cm³/mol.